The van der Waals surface area contributed by atoms with E-state index in [1.54, 1.807) is 12.1 Å². The summed E-state index contributed by atoms with van der Waals surface area (Å²) in [6.07, 6.45) is 1.21. The lowest BCUT2D eigenvalue weighted by atomic mass is 9.93. The van der Waals surface area contributed by atoms with Gasteiger partial charge >= 0.3 is 0 Å². The fourth-order valence-electron chi connectivity index (χ4n) is 2.75. The van der Waals surface area contributed by atoms with Crippen LogP contribution in [0.2, 0.25) is 5.02 Å². The summed E-state index contributed by atoms with van der Waals surface area (Å²) in [5, 5.41) is 3.45. The molecule has 1 aliphatic heterocycles. The highest BCUT2D eigenvalue weighted by molar-refractivity contribution is 7.91. The lowest BCUT2D eigenvalue weighted by Gasteiger charge is -2.24. The minimum Gasteiger partial charge on any atom is -0.314 e. The Morgan fingerprint density at radius 1 is 1.50 bits per heavy atom. The van der Waals surface area contributed by atoms with Crippen molar-refractivity contribution in [2.75, 3.05) is 18.1 Å². The number of sulfone groups is 1. The molecule has 2 rings (SSSR count). The zero-order valence-corrected chi connectivity index (χ0v) is 13.0. The summed E-state index contributed by atoms with van der Waals surface area (Å²) in [5.41, 5.74) is 0.724. The van der Waals surface area contributed by atoms with Crippen LogP contribution in [0.1, 0.15) is 18.9 Å². The van der Waals surface area contributed by atoms with Gasteiger partial charge in [0, 0.05) is 6.04 Å². The number of benzene rings is 1. The van der Waals surface area contributed by atoms with Gasteiger partial charge in [-0.25, -0.2) is 12.8 Å². The molecule has 0 aromatic heterocycles. The summed E-state index contributed by atoms with van der Waals surface area (Å²) in [4.78, 5) is 0. The van der Waals surface area contributed by atoms with Crippen molar-refractivity contribution in [2.45, 2.75) is 25.8 Å². The number of hydrogen-bond donors (Lipinski definition) is 1. The van der Waals surface area contributed by atoms with Gasteiger partial charge in [-0.05, 0) is 36.9 Å². The molecule has 1 saturated heterocycles. The smallest absolute Gasteiger partial charge is 0.150 e. The van der Waals surface area contributed by atoms with E-state index >= 15 is 0 Å². The molecule has 0 saturated carbocycles. The molecule has 2 atom stereocenters. The first kappa shape index (κ1) is 15.7. The maximum atomic E-state index is 13.5. The molecule has 0 radical (unpaired) electrons. The third kappa shape index (κ3) is 3.71. The van der Waals surface area contributed by atoms with Crippen LogP contribution in [-0.2, 0) is 16.3 Å². The van der Waals surface area contributed by atoms with E-state index in [9.17, 15) is 12.8 Å². The molecular formula is C14H19ClFNO2S. The Hall–Kier alpha value is -0.650. The predicted molar refractivity (Wildman–Crippen MR) is 79.3 cm³/mol. The fourth-order valence-corrected chi connectivity index (χ4v) is 4.83. The topological polar surface area (TPSA) is 46.2 Å². The molecular weight excluding hydrogens is 301 g/mol. The van der Waals surface area contributed by atoms with E-state index in [1.807, 2.05) is 6.92 Å². The fraction of sp³-hybridized carbons (Fsp3) is 0.571. The number of rotatable bonds is 5. The molecule has 0 aliphatic carbocycles. The van der Waals surface area contributed by atoms with E-state index in [0.29, 0.717) is 12.8 Å². The molecule has 1 heterocycles. The van der Waals surface area contributed by atoms with Gasteiger partial charge in [-0.2, -0.15) is 0 Å². The first-order valence-electron chi connectivity index (χ1n) is 6.79. The molecule has 1 aliphatic rings. The van der Waals surface area contributed by atoms with Crippen LogP contribution in [0.5, 0.6) is 0 Å². The Morgan fingerprint density at radius 2 is 2.25 bits per heavy atom. The minimum absolute atomic E-state index is 0.0107. The second-order valence-electron chi connectivity index (χ2n) is 5.24. The van der Waals surface area contributed by atoms with Crippen molar-refractivity contribution >= 4 is 21.4 Å². The highest BCUT2D eigenvalue weighted by Gasteiger charge is 2.33. The molecule has 0 bridgehead atoms. The van der Waals surface area contributed by atoms with Crippen LogP contribution in [0.4, 0.5) is 4.39 Å². The van der Waals surface area contributed by atoms with Crippen LogP contribution >= 0.6 is 11.6 Å². The van der Waals surface area contributed by atoms with Gasteiger partial charge in [0.15, 0.2) is 9.84 Å². The van der Waals surface area contributed by atoms with E-state index in [1.165, 1.54) is 6.07 Å². The lowest BCUT2D eigenvalue weighted by Crippen LogP contribution is -2.38. The molecule has 1 aromatic rings. The molecule has 0 amide bonds. The van der Waals surface area contributed by atoms with Crippen molar-refractivity contribution < 1.29 is 12.8 Å². The second-order valence-corrected chi connectivity index (χ2v) is 7.85. The Labute approximate surface area is 124 Å². The van der Waals surface area contributed by atoms with Gasteiger partial charge in [0.2, 0.25) is 0 Å². The van der Waals surface area contributed by atoms with Crippen molar-refractivity contribution in [1.82, 2.24) is 5.32 Å². The van der Waals surface area contributed by atoms with E-state index in [2.05, 4.69) is 5.32 Å². The Bertz CT molecular complexity index is 577. The number of likely N-dealkylation sites (N-methyl/N-ethyl adjacent to an activating group) is 1. The molecule has 1 fully saturated rings. The molecule has 0 spiro atoms. The summed E-state index contributed by atoms with van der Waals surface area (Å²) in [6, 6.07) is 4.76. The number of halogens is 2. The standard InChI is InChI=1S/C14H19ClFNO2S/c1-2-17-13(11-6-7-20(18,19)9-11)8-10-4-3-5-12(16)14(10)15/h3-5,11,13,17H,2,6-9H2,1H3. The normalized spacial score (nSPS) is 22.9. The average Bonchev–Trinajstić information content (AvgIpc) is 2.74. The quantitative estimate of drug-likeness (QED) is 0.906. The predicted octanol–water partition coefficient (Wildman–Crippen LogP) is 2.43. The highest BCUT2D eigenvalue weighted by Crippen LogP contribution is 2.27. The Balaban J connectivity index is 2.16. The Morgan fingerprint density at radius 3 is 2.85 bits per heavy atom. The molecule has 6 heteroatoms. The van der Waals surface area contributed by atoms with E-state index < -0.39 is 15.7 Å². The third-order valence-electron chi connectivity index (χ3n) is 3.77. The minimum atomic E-state index is -2.92. The molecule has 1 N–H and O–H groups in total. The SMILES string of the molecule is CCNC(Cc1cccc(F)c1Cl)C1CCS(=O)(=O)C1. The van der Waals surface area contributed by atoms with Crippen molar-refractivity contribution in [3.63, 3.8) is 0 Å². The van der Waals surface area contributed by atoms with Gasteiger partial charge in [-0.15, -0.1) is 0 Å². The number of hydrogen-bond acceptors (Lipinski definition) is 3. The zero-order chi connectivity index (χ0) is 14.8. The van der Waals surface area contributed by atoms with E-state index in [0.717, 1.165) is 12.1 Å². The molecule has 1 aromatic carbocycles. The summed E-state index contributed by atoms with van der Waals surface area (Å²) in [5.74, 6) is 0.0892. The van der Waals surface area contributed by atoms with Crippen LogP contribution in [0.25, 0.3) is 0 Å². The highest BCUT2D eigenvalue weighted by atomic mass is 35.5. The Kier molecular flexibility index (Phi) is 5.04. The van der Waals surface area contributed by atoms with Crippen molar-refractivity contribution in [2.24, 2.45) is 5.92 Å². The van der Waals surface area contributed by atoms with Crippen LogP contribution in [0.15, 0.2) is 18.2 Å². The first-order valence-corrected chi connectivity index (χ1v) is 8.99. The lowest BCUT2D eigenvalue weighted by molar-refractivity contribution is 0.385. The van der Waals surface area contributed by atoms with Crippen molar-refractivity contribution in [3.8, 4) is 0 Å². The summed E-state index contributed by atoms with van der Waals surface area (Å²) in [6.45, 7) is 2.72. The van der Waals surface area contributed by atoms with Gasteiger partial charge in [0.25, 0.3) is 0 Å². The van der Waals surface area contributed by atoms with Gasteiger partial charge in [-0.1, -0.05) is 30.7 Å². The first-order chi connectivity index (χ1) is 9.43. The molecule has 20 heavy (non-hydrogen) atoms. The largest absolute Gasteiger partial charge is 0.314 e. The monoisotopic (exact) mass is 319 g/mol. The van der Waals surface area contributed by atoms with Crippen molar-refractivity contribution in [3.05, 3.63) is 34.6 Å². The van der Waals surface area contributed by atoms with Crippen molar-refractivity contribution in [1.29, 1.82) is 0 Å². The summed E-state index contributed by atoms with van der Waals surface area (Å²) in [7, 11) is -2.92. The molecule has 3 nitrogen and oxygen atoms in total. The summed E-state index contributed by atoms with van der Waals surface area (Å²) < 4.78 is 36.7. The molecule has 2 unspecified atom stereocenters. The average molecular weight is 320 g/mol. The summed E-state index contributed by atoms with van der Waals surface area (Å²) >= 11 is 5.98. The van der Waals surface area contributed by atoms with Crippen LogP contribution in [-0.4, -0.2) is 32.5 Å². The van der Waals surface area contributed by atoms with Gasteiger partial charge in [0.1, 0.15) is 5.82 Å². The maximum Gasteiger partial charge on any atom is 0.150 e. The zero-order valence-electron chi connectivity index (χ0n) is 11.4. The maximum absolute atomic E-state index is 13.5. The van der Waals surface area contributed by atoms with Crippen LogP contribution in [0.3, 0.4) is 0 Å². The van der Waals surface area contributed by atoms with E-state index in [-0.39, 0.29) is 28.5 Å². The third-order valence-corrected chi connectivity index (χ3v) is 5.99. The van der Waals surface area contributed by atoms with Crippen LogP contribution < -0.4 is 5.32 Å². The number of nitrogens with one attached hydrogen (secondary N) is 1. The van der Waals surface area contributed by atoms with Gasteiger partial charge in [0.05, 0.1) is 16.5 Å². The molecule has 112 valence electrons. The van der Waals surface area contributed by atoms with Gasteiger partial charge < -0.3 is 5.32 Å². The van der Waals surface area contributed by atoms with E-state index in [4.69, 9.17) is 11.6 Å². The van der Waals surface area contributed by atoms with Gasteiger partial charge in [-0.3, -0.25) is 0 Å². The van der Waals surface area contributed by atoms with Crippen LogP contribution in [0, 0.1) is 11.7 Å². The second kappa shape index (κ2) is 6.41.